The third-order valence-electron chi connectivity index (χ3n) is 6.64. The van der Waals surface area contributed by atoms with E-state index in [2.05, 4.69) is 29.5 Å². The number of aryl methyl sites for hydroxylation is 1. The van der Waals surface area contributed by atoms with E-state index in [0.29, 0.717) is 10.9 Å². The highest BCUT2D eigenvalue weighted by Crippen LogP contribution is 2.36. The number of amides is 2. The van der Waals surface area contributed by atoms with Crippen molar-refractivity contribution in [1.82, 2.24) is 10.3 Å². The number of hydrogen-bond donors (Lipinski definition) is 2. The number of thiophene rings is 1. The van der Waals surface area contributed by atoms with E-state index < -0.39 is 6.04 Å². The van der Waals surface area contributed by atoms with Crippen LogP contribution in [0.1, 0.15) is 75.4 Å². The van der Waals surface area contributed by atoms with Crippen molar-refractivity contribution in [2.24, 2.45) is 5.92 Å². The maximum Gasteiger partial charge on any atom is 0.243 e. The predicted molar refractivity (Wildman–Crippen MR) is 135 cm³/mol. The Bertz CT molecular complexity index is 971. The van der Waals surface area contributed by atoms with Gasteiger partial charge in [0.2, 0.25) is 12.3 Å². The number of halogens is 1. The molecule has 2 saturated carbocycles. The van der Waals surface area contributed by atoms with Gasteiger partial charge >= 0.3 is 0 Å². The lowest BCUT2D eigenvalue weighted by atomic mass is 9.97. The highest BCUT2D eigenvalue weighted by Gasteiger charge is 2.34. The number of anilines is 2. The molecule has 2 aliphatic carbocycles. The van der Waals surface area contributed by atoms with Crippen LogP contribution in [0.4, 0.5) is 10.7 Å². The molecule has 0 radical (unpaired) electrons. The first-order valence-electron chi connectivity index (χ1n) is 12.0. The normalized spacial score (nSPS) is 18.0. The van der Waals surface area contributed by atoms with Crippen molar-refractivity contribution in [3.8, 4) is 0 Å². The predicted octanol–water partition coefficient (Wildman–Crippen LogP) is 5.72. The summed E-state index contributed by atoms with van der Waals surface area (Å²) in [5.41, 5.74) is 1.88. The first-order valence-corrected chi connectivity index (χ1v) is 13.2. The van der Waals surface area contributed by atoms with Gasteiger partial charge in [-0.3, -0.25) is 19.5 Å². The molecule has 0 bridgehead atoms. The summed E-state index contributed by atoms with van der Waals surface area (Å²) in [6.07, 6.45) is 10.8. The van der Waals surface area contributed by atoms with Crippen molar-refractivity contribution in [3.05, 3.63) is 40.0 Å². The quantitative estimate of drug-likeness (QED) is 0.396. The van der Waals surface area contributed by atoms with E-state index >= 15 is 0 Å². The smallest absolute Gasteiger partial charge is 0.243 e. The molecule has 33 heavy (non-hydrogen) atoms. The zero-order valence-corrected chi connectivity index (χ0v) is 20.9. The van der Waals surface area contributed by atoms with Gasteiger partial charge in [-0.2, -0.15) is 0 Å². The van der Waals surface area contributed by atoms with Crippen LogP contribution in [0, 0.1) is 5.92 Å². The van der Waals surface area contributed by atoms with Crippen LogP contribution in [-0.2, 0) is 16.0 Å². The summed E-state index contributed by atoms with van der Waals surface area (Å²) in [5.74, 6) is 0.487. The average Bonchev–Trinajstić information content (AvgIpc) is 3.25. The minimum atomic E-state index is -0.454. The minimum absolute atomic E-state index is 0.0105. The fourth-order valence-corrected chi connectivity index (χ4v) is 5.79. The second-order valence-electron chi connectivity index (χ2n) is 9.24. The zero-order chi connectivity index (χ0) is 23.4. The molecular formula is C25H33ClN4O2S. The Kier molecular flexibility index (Phi) is 7.91. The Morgan fingerprint density at radius 3 is 2.73 bits per heavy atom. The number of aromatic nitrogens is 1. The Labute approximate surface area is 205 Å². The van der Waals surface area contributed by atoms with E-state index in [0.717, 1.165) is 66.2 Å². The van der Waals surface area contributed by atoms with Gasteiger partial charge < -0.3 is 10.6 Å². The van der Waals surface area contributed by atoms with Gasteiger partial charge in [-0.05, 0) is 56.7 Å². The molecule has 0 saturated heterocycles. The van der Waals surface area contributed by atoms with Crippen LogP contribution >= 0.6 is 22.9 Å². The van der Waals surface area contributed by atoms with Gasteiger partial charge in [-0.1, -0.05) is 44.2 Å². The van der Waals surface area contributed by atoms with Gasteiger partial charge in [-0.25, -0.2) is 0 Å². The average molecular weight is 489 g/mol. The first kappa shape index (κ1) is 24.0. The topological polar surface area (TPSA) is 74.3 Å². The fraction of sp³-hybridized carbons (Fsp3) is 0.560. The van der Waals surface area contributed by atoms with Gasteiger partial charge in [0.05, 0.1) is 27.4 Å². The van der Waals surface area contributed by atoms with E-state index in [4.69, 9.17) is 11.6 Å². The highest BCUT2D eigenvalue weighted by molar-refractivity contribution is 7.16. The number of nitrogens with zero attached hydrogens (tertiary/aromatic N) is 2. The van der Waals surface area contributed by atoms with Gasteiger partial charge in [-0.15, -0.1) is 11.3 Å². The van der Waals surface area contributed by atoms with Crippen molar-refractivity contribution >= 4 is 45.9 Å². The number of rotatable bonds is 11. The van der Waals surface area contributed by atoms with E-state index in [9.17, 15) is 9.59 Å². The van der Waals surface area contributed by atoms with E-state index in [1.807, 2.05) is 18.2 Å². The maximum absolute atomic E-state index is 13.1. The van der Waals surface area contributed by atoms with Crippen LogP contribution in [0.5, 0.6) is 0 Å². The summed E-state index contributed by atoms with van der Waals surface area (Å²) < 4.78 is 0. The lowest BCUT2D eigenvalue weighted by Gasteiger charge is -2.28. The molecular weight excluding hydrogens is 456 g/mol. The number of nitrogens with one attached hydrogen (secondary N) is 2. The molecule has 2 aromatic heterocycles. The van der Waals surface area contributed by atoms with Crippen molar-refractivity contribution in [3.63, 3.8) is 0 Å². The summed E-state index contributed by atoms with van der Waals surface area (Å²) in [5, 5.41) is 8.04. The van der Waals surface area contributed by atoms with Crippen LogP contribution in [-0.4, -0.2) is 29.4 Å². The monoisotopic (exact) mass is 488 g/mol. The molecule has 0 aliphatic heterocycles. The Balaban J connectivity index is 1.51. The van der Waals surface area contributed by atoms with Gasteiger partial charge in [0.15, 0.2) is 0 Å². The molecule has 2 amide bonds. The molecule has 2 aliphatic rings. The molecule has 2 N–H and O–H groups in total. The van der Waals surface area contributed by atoms with Crippen LogP contribution in [0.3, 0.4) is 0 Å². The number of carbonyl (C=O) groups is 2. The summed E-state index contributed by atoms with van der Waals surface area (Å²) >= 11 is 7.71. The third-order valence-corrected chi connectivity index (χ3v) is 8.13. The van der Waals surface area contributed by atoms with E-state index in [1.165, 1.54) is 12.8 Å². The van der Waals surface area contributed by atoms with E-state index in [-0.39, 0.29) is 18.0 Å². The van der Waals surface area contributed by atoms with Crippen LogP contribution in [0.2, 0.25) is 5.02 Å². The lowest BCUT2D eigenvalue weighted by Crippen LogP contribution is -2.48. The summed E-state index contributed by atoms with van der Waals surface area (Å²) in [4.78, 5) is 32.5. The van der Waals surface area contributed by atoms with Crippen LogP contribution in [0.15, 0.2) is 24.4 Å². The molecule has 4 rings (SSSR count). The number of pyridine rings is 1. The largest absolute Gasteiger partial charge is 0.376 e. The molecule has 2 atom stereocenters. The number of hydrogen-bond acceptors (Lipinski definition) is 5. The van der Waals surface area contributed by atoms with Crippen molar-refractivity contribution in [2.75, 3.05) is 10.2 Å². The van der Waals surface area contributed by atoms with Gasteiger partial charge in [0.1, 0.15) is 6.04 Å². The SMILES string of the molecule is CCc1ncc(Cl)cc1N[C@@H](C)c1ccc(N(C=O)[C@@H](CC2CCCC2)C(=O)NC2CC2)s1. The molecule has 0 aromatic carbocycles. The lowest BCUT2D eigenvalue weighted by molar-refractivity contribution is -0.124. The van der Waals surface area contributed by atoms with Crippen LogP contribution in [0.25, 0.3) is 0 Å². The Hall–Kier alpha value is -2.12. The molecule has 0 spiro atoms. The molecule has 6 nitrogen and oxygen atoms in total. The third kappa shape index (κ3) is 6.07. The highest BCUT2D eigenvalue weighted by atomic mass is 35.5. The molecule has 178 valence electrons. The molecule has 2 heterocycles. The molecule has 8 heteroatoms. The Morgan fingerprint density at radius 2 is 2.06 bits per heavy atom. The summed E-state index contributed by atoms with van der Waals surface area (Å²) in [6.45, 7) is 4.14. The minimum Gasteiger partial charge on any atom is -0.376 e. The van der Waals surface area contributed by atoms with Crippen molar-refractivity contribution in [2.45, 2.75) is 83.3 Å². The zero-order valence-electron chi connectivity index (χ0n) is 19.4. The summed E-state index contributed by atoms with van der Waals surface area (Å²) in [6, 6.07) is 5.72. The maximum atomic E-state index is 13.1. The Morgan fingerprint density at radius 1 is 1.30 bits per heavy atom. The number of carbonyl (C=O) groups excluding carboxylic acids is 2. The standard InChI is InChI=1S/C25H33ClN4O2S/c1-3-20-21(13-18(26)14-27-20)28-16(2)23-10-11-24(33-23)30(15-31)22(12-17-6-4-5-7-17)25(32)29-19-8-9-19/h10-11,13-17,19,22,28H,3-9,12H2,1-2H3,(H,29,32)/t16-,22-/m0/s1. The second kappa shape index (κ2) is 10.9. The summed E-state index contributed by atoms with van der Waals surface area (Å²) in [7, 11) is 0. The fourth-order valence-electron chi connectivity index (χ4n) is 4.61. The molecule has 2 aromatic rings. The van der Waals surface area contributed by atoms with Crippen molar-refractivity contribution in [1.29, 1.82) is 0 Å². The van der Waals surface area contributed by atoms with Crippen molar-refractivity contribution < 1.29 is 9.59 Å². The first-order chi connectivity index (χ1) is 16.0. The van der Waals surface area contributed by atoms with Gasteiger partial charge in [0, 0.05) is 17.1 Å². The molecule has 2 fully saturated rings. The van der Waals surface area contributed by atoms with E-state index in [1.54, 1.807) is 22.4 Å². The second-order valence-corrected chi connectivity index (χ2v) is 10.8. The van der Waals surface area contributed by atoms with Crippen LogP contribution < -0.4 is 15.5 Å². The van der Waals surface area contributed by atoms with Gasteiger partial charge in [0.25, 0.3) is 0 Å². The molecule has 0 unspecified atom stereocenters.